The summed E-state index contributed by atoms with van der Waals surface area (Å²) >= 11 is 0. The third-order valence-electron chi connectivity index (χ3n) is 3.27. The van der Waals surface area contributed by atoms with Crippen molar-refractivity contribution in [1.82, 2.24) is 5.32 Å². The van der Waals surface area contributed by atoms with E-state index in [1.54, 1.807) is 26.0 Å². The lowest BCUT2D eigenvalue weighted by molar-refractivity contribution is -0.137. The number of hydrogen-bond donors (Lipinski definition) is 3. The first kappa shape index (κ1) is 18.8. The second-order valence-corrected chi connectivity index (χ2v) is 6.09. The van der Waals surface area contributed by atoms with Crippen LogP contribution in [0.1, 0.15) is 46.5 Å². The lowest BCUT2D eigenvalue weighted by atomic mass is 9.99. The number of aliphatic carboxylic acids is 1. The van der Waals surface area contributed by atoms with Gasteiger partial charge in [-0.05, 0) is 38.8 Å². The van der Waals surface area contributed by atoms with Gasteiger partial charge >= 0.3 is 12.0 Å². The van der Waals surface area contributed by atoms with E-state index in [4.69, 9.17) is 9.84 Å². The molecule has 23 heavy (non-hydrogen) atoms. The van der Waals surface area contributed by atoms with Crippen molar-refractivity contribution in [2.45, 2.75) is 52.0 Å². The SMILES string of the molecule is CCCCOc1cccc(NC(=O)NC(C)(C)CCC(=O)O)c1. The molecule has 6 heteroatoms. The molecule has 0 aliphatic heterocycles. The first-order valence-electron chi connectivity index (χ1n) is 7.86. The van der Waals surface area contributed by atoms with Crippen molar-refractivity contribution in [2.24, 2.45) is 0 Å². The van der Waals surface area contributed by atoms with Gasteiger partial charge in [-0.25, -0.2) is 4.79 Å². The van der Waals surface area contributed by atoms with E-state index >= 15 is 0 Å². The lowest BCUT2D eigenvalue weighted by Gasteiger charge is -2.25. The van der Waals surface area contributed by atoms with E-state index in [-0.39, 0.29) is 12.5 Å². The van der Waals surface area contributed by atoms with Crippen molar-refractivity contribution >= 4 is 17.7 Å². The molecule has 6 nitrogen and oxygen atoms in total. The maximum Gasteiger partial charge on any atom is 0.319 e. The van der Waals surface area contributed by atoms with E-state index < -0.39 is 11.5 Å². The number of unbranched alkanes of at least 4 members (excludes halogenated alkanes) is 1. The molecule has 0 atom stereocenters. The molecular formula is C17H26N2O4. The highest BCUT2D eigenvalue weighted by molar-refractivity contribution is 5.89. The zero-order chi connectivity index (χ0) is 17.3. The van der Waals surface area contributed by atoms with Crippen molar-refractivity contribution in [1.29, 1.82) is 0 Å². The van der Waals surface area contributed by atoms with Gasteiger partial charge < -0.3 is 20.5 Å². The lowest BCUT2D eigenvalue weighted by Crippen LogP contribution is -2.45. The molecule has 0 unspecified atom stereocenters. The van der Waals surface area contributed by atoms with Crippen molar-refractivity contribution < 1.29 is 19.4 Å². The summed E-state index contributed by atoms with van der Waals surface area (Å²) in [7, 11) is 0. The van der Waals surface area contributed by atoms with Gasteiger partial charge in [-0.2, -0.15) is 0 Å². The third kappa shape index (κ3) is 8.09. The van der Waals surface area contributed by atoms with E-state index in [0.717, 1.165) is 12.8 Å². The fourth-order valence-electron chi connectivity index (χ4n) is 1.95. The van der Waals surface area contributed by atoms with E-state index in [1.165, 1.54) is 0 Å². The Balaban J connectivity index is 2.53. The van der Waals surface area contributed by atoms with Gasteiger partial charge in [-0.3, -0.25) is 4.79 Å². The molecule has 0 bridgehead atoms. The number of amides is 2. The molecule has 1 rings (SSSR count). The van der Waals surface area contributed by atoms with Crippen molar-refractivity contribution in [2.75, 3.05) is 11.9 Å². The maximum absolute atomic E-state index is 12.0. The van der Waals surface area contributed by atoms with Gasteiger partial charge in [0.25, 0.3) is 0 Å². The fourth-order valence-corrected chi connectivity index (χ4v) is 1.95. The first-order chi connectivity index (χ1) is 10.8. The highest BCUT2D eigenvalue weighted by Gasteiger charge is 2.21. The van der Waals surface area contributed by atoms with Gasteiger partial charge in [0.2, 0.25) is 0 Å². The van der Waals surface area contributed by atoms with Gasteiger partial charge in [0.05, 0.1) is 6.61 Å². The second-order valence-electron chi connectivity index (χ2n) is 6.09. The molecular weight excluding hydrogens is 296 g/mol. The number of carbonyl (C=O) groups excluding carboxylic acids is 1. The molecule has 2 amide bonds. The predicted molar refractivity (Wildman–Crippen MR) is 89.9 cm³/mol. The maximum atomic E-state index is 12.0. The monoisotopic (exact) mass is 322 g/mol. The minimum absolute atomic E-state index is 0.00797. The molecule has 128 valence electrons. The summed E-state index contributed by atoms with van der Waals surface area (Å²) in [4.78, 5) is 22.7. The van der Waals surface area contributed by atoms with Gasteiger partial charge in [0, 0.05) is 23.7 Å². The summed E-state index contributed by atoms with van der Waals surface area (Å²) in [6.07, 6.45) is 2.41. The number of carboxylic acid groups (broad SMARTS) is 1. The van der Waals surface area contributed by atoms with Crippen LogP contribution in [0.2, 0.25) is 0 Å². The highest BCUT2D eigenvalue weighted by Crippen LogP contribution is 2.18. The number of carboxylic acids is 1. The van der Waals surface area contributed by atoms with Gasteiger partial charge in [-0.1, -0.05) is 19.4 Å². The van der Waals surface area contributed by atoms with E-state index in [0.29, 0.717) is 24.5 Å². The zero-order valence-electron chi connectivity index (χ0n) is 14.0. The third-order valence-corrected chi connectivity index (χ3v) is 3.27. The van der Waals surface area contributed by atoms with Crippen LogP contribution in [0.3, 0.4) is 0 Å². The van der Waals surface area contributed by atoms with Crippen molar-refractivity contribution in [3.8, 4) is 5.75 Å². The van der Waals surface area contributed by atoms with Crippen LogP contribution in [-0.2, 0) is 4.79 Å². The van der Waals surface area contributed by atoms with Crippen LogP contribution < -0.4 is 15.4 Å². The Morgan fingerprint density at radius 2 is 2.04 bits per heavy atom. The van der Waals surface area contributed by atoms with Crippen LogP contribution in [0, 0.1) is 0 Å². The zero-order valence-corrected chi connectivity index (χ0v) is 14.0. The number of nitrogens with one attached hydrogen (secondary N) is 2. The van der Waals surface area contributed by atoms with Crippen LogP contribution in [0.15, 0.2) is 24.3 Å². The van der Waals surface area contributed by atoms with Crippen molar-refractivity contribution in [3.63, 3.8) is 0 Å². The Morgan fingerprint density at radius 3 is 2.70 bits per heavy atom. The number of carbonyl (C=O) groups is 2. The molecule has 0 aliphatic rings. The van der Waals surface area contributed by atoms with E-state index in [2.05, 4.69) is 17.6 Å². The number of hydrogen-bond acceptors (Lipinski definition) is 3. The molecule has 0 saturated heterocycles. The molecule has 0 radical (unpaired) electrons. The van der Waals surface area contributed by atoms with Crippen LogP contribution in [0.5, 0.6) is 5.75 Å². The van der Waals surface area contributed by atoms with Gasteiger partial charge in [-0.15, -0.1) is 0 Å². The molecule has 0 spiro atoms. The van der Waals surface area contributed by atoms with Crippen LogP contribution >= 0.6 is 0 Å². The number of ether oxygens (including phenoxy) is 1. The Labute approximate surface area is 137 Å². The molecule has 3 N–H and O–H groups in total. The molecule has 1 aromatic rings. The van der Waals surface area contributed by atoms with Crippen molar-refractivity contribution in [3.05, 3.63) is 24.3 Å². The summed E-state index contributed by atoms with van der Waals surface area (Å²) in [5.74, 6) is -0.168. The Kier molecular flexibility index (Phi) is 7.38. The fraction of sp³-hybridized carbons (Fsp3) is 0.529. The molecule has 0 heterocycles. The molecule has 0 fully saturated rings. The quantitative estimate of drug-likeness (QED) is 0.606. The normalized spacial score (nSPS) is 10.9. The first-order valence-corrected chi connectivity index (χ1v) is 7.86. The summed E-state index contributed by atoms with van der Waals surface area (Å²) in [5.41, 5.74) is 0.0306. The topological polar surface area (TPSA) is 87.7 Å². The molecule has 0 aromatic heterocycles. The average molecular weight is 322 g/mol. The average Bonchev–Trinajstić information content (AvgIpc) is 2.45. The summed E-state index contributed by atoms with van der Waals surface area (Å²) < 4.78 is 5.60. The standard InChI is InChI=1S/C17H26N2O4/c1-4-5-11-23-14-8-6-7-13(12-14)18-16(22)19-17(2,3)10-9-15(20)21/h6-8,12H,4-5,9-11H2,1-3H3,(H,20,21)(H2,18,19,22). The number of anilines is 1. The van der Waals surface area contributed by atoms with Gasteiger partial charge in [0.1, 0.15) is 5.75 Å². The minimum atomic E-state index is -0.878. The van der Waals surface area contributed by atoms with E-state index in [9.17, 15) is 9.59 Å². The largest absolute Gasteiger partial charge is 0.494 e. The Bertz CT molecular complexity index is 529. The Hall–Kier alpha value is -2.24. The van der Waals surface area contributed by atoms with Gasteiger partial charge in [0.15, 0.2) is 0 Å². The summed E-state index contributed by atoms with van der Waals surface area (Å²) in [6.45, 7) is 6.33. The Morgan fingerprint density at radius 1 is 1.30 bits per heavy atom. The minimum Gasteiger partial charge on any atom is -0.494 e. The predicted octanol–water partition coefficient (Wildman–Crippen LogP) is 3.63. The van der Waals surface area contributed by atoms with Crippen LogP contribution in [0.25, 0.3) is 0 Å². The molecule has 0 aliphatic carbocycles. The molecule has 0 saturated carbocycles. The smallest absolute Gasteiger partial charge is 0.319 e. The number of urea groups is 1. The number of rotatable bonds is 9. The number of benzene rings is 1. The summed E-state index contributed by atoms with van der Waals surface area (Å²) in [6, 6.07) is 6.82. The van der Waals surface area contributed by atoms with Crippen LogP contribution in [0.4, 0.5) is 10.5 Å². The van der Waals surface area contributed by atoms with E-state index in [1.807, 2.05) is 12.1 Å². The van der Waals surface area contributed by atoms with Crippen LogP contribution in [-0.4, -0.2) is 29.3 Å². The highest BCUT2D eigenvalue weighted by atomic mass is 16.5. The second kappa shape index (κ2) is 9.02. The molecule has 1 aromatic carbocycles. The summed E-state index contributed by atoms with van der Waals surface area (Å²) in [5, 5.41) is 14.2.